The molecule has 0 aliphatic heterocycles. The highest BCUT2D eigenvalue weighted by Gasteiger charge is 2.14. The highest BCUT2D eigenvalue weighted by Crippen LogP contribution is 2.28. The maximum atomic E-state index is 12.2. The van der Waals surface area contributed by atoms with Crippen molar-refractivity contribution in [2.75, 3.05) is 0 Å². The Balaban J connectivity index is 2.28. The molecule has 0 heterocycles. The zero-order valence-electron chi connectivity index (χ0n) is 9.59. The number of carbonyl (C=O) groups excluding carboxylic acids is 1. The van der Waals surface area contributed by atoms with Gasteiger partial charge in [-0.2, -0.15) is 0 Å². The van der Waals surface area contributed by atoms with Gasteiger partial charge in [0.25, 0.3) is 0 Å². The van der Waals surface area contributed by atoms with Crippen molar-refractivity contribution in [3.63, 3.8) is 0 Å². The second-order valence-corrected chi connectivity index (χ2v) is 6.49. The maximum Gasteiger partial charge on any atom is 0.168 e. The summed E-state index contributed by atoms with van der Waals surface area (Å²) < 4.78 is 1.59. The molecule has 0 fully saturated rings. The van der Waals surface area contributed by atoms with E-state index < -0.39 is 0 Å². The van der Waals surface area contributed by atoms with Crippen molar-refractivity contribution in [3.05, 3.63) is 66.5 Å². The van der Waals surface area contributed by atoms with Gasteiger partial charge in [0.15, 0.2) is 5.78 Å². The van der Waals surface area contributed by atoms with E-state index in [-0.39, 0.29) is 12.2 Å². The first-order chi connectivity index (χ1) is 8.99. The lowest BCUT2D eigenvalue weighted by Crippen LogP contribution is -2.05. The molecule has 1 nitrogen and oxygen atoms in total. The number of hydrogen-bond acceptors (Lipinski definition) is 1. The molecule has 19 heavy (non-hydrogen) atoms. The van der Waals surface area contributed by atoms with Crippen LogP contribution < -0.4 is 0 Å². The average molecular weight is 423 g/mol. The van der Waals surface area contributed by atoms with Gasteiger partial charge in [-0.25, -0.2) is 0 Å². The predicted octanol–water partition coefficient (Wildman–Crippen LogP) is 5.94. The topological polar surface area (TPSA) is 17.1 Å². The zero-order valence-corrected chi connectivity index (χ0v) is 14.3. The lowest BCUT2D eigenvalue weighted by Gasteiger charge is -2.07. The van der Waals surface area contributed by atoms with Crippen molar-refractivity contribution in [1.82, 2.24) is 0 Å². The normalized spacial score (nSPS) is 10.5. The summed E-state index contributed by atoms with van der Waals surface area (Å²) in [6.45, 7) is 0. The minimum absolute atomic E-state index is 0.0597. The van der Waals surface area contributed by atoms with E-state index in [1.807, 2.05) is 12.1 Å². The van der Waals surface area contributed by atoms with E-state index in [1.165, 1.54) is 0 Å². The van der Waals surface area contributed by atoms with E-state index >= 15 is 0 Å². The summed E-state index contributed by atoms with van der Waals surface area (Å²) in [4.78, 5) is 12.2. The minimum Gasteiger partial charge on any atom is -0.294 e. The van der Waals surface area contributed by atoms with Gasteiger partial charge < -0.3 is 0 Å². The second-order valence-electron chi connectivity index (χ2n) is 3.94. The van der Waals surface area contributed by atoms with E-state index in [9.17, 15) is 4.79 Å². The molecule has 2 rings (SSSR count). The van der Waals surface area contributed by atoms with E-state index in [1.54, 1.807) is 24.3 Å². The molecule has 0 aromatic heterocycles. The minimum atomic E-state index is -0.0597. The maximum absolute atomic E-state index is 12.2. The van der Waals surface area contributed by atoms with Crippen molar-refractivity contribution in [2.24, 2.45) is 0 Å². The van der Waals surface area contributed by atoms with Crippen LogP contribution in [0.2, 0.25) is 10.0 Å². The van der Waals surface area contributed by atoms with E-state index in [2.05, 4.69) is 31.9 Å². The predicted molar refractivity (Wildman–Crippen MR) is 86.3 cm³/mol. The molecule has 0 atom stereocenters. The van der Waals surface area contributed by atoms with Crippen LogP contribution >= 0.6 is 55.1 Å². The van der Waals surface area contributed by atoms with Crippen LogP contribution in [0.4, 0.5) is 0 Å². The number of benzene rings is 2. The van der Waals surface area contributed by atoms with E-state index in [0.29, 0.717) is 20.1 Å². The summed E-state index contributed by atoms with van der Waals surface area (Å²) in [7, 11) is 0. The number of rotatable bonds is 3. The highest BCUT2D eigenvalue weighted by molar-refractivity contribution is 9.10. The van der Waals surface area contributed by atoms with Gasteiger partial charge in [0, 0.05) is 26.0 Å². The summed E-state index contributed by atoms with van der Waals surface area (Å²) in [5.41, 5.74) is 1.28. The molecule has 0 saturated carbocycles. The lowest BCUT2D eigenvalue weighted by molar-refractivity contribution is 0.0993. The number of carbonyl (C=O) groups is 1. The van der Waals surface area contributed by atoms with Gasteiger partial charge in [-0.05, 0) is 45.8 Å². The first-order valence-corrected chi connectivity index (χ1v) is 7.74. The Morgan fingerprint density at radius 1 is 1.11 bits per heavy atom. The fourth-order valence-electron chi connectivity index (χ4n) is 1.65. The molecule has 0 aliphatic rings. The Kier molecular flexibility index (Phi) is 5.07. The monoisotopic (exact) mass is 420 g/mol. The first kappa shape index (κ1) is 15.0. The van der Waals surface area contributed by atoms with Crippen molar-refractivity contribution in [2.45, 2.75) is 6.42 Å². The van der Waals surface area contributed by atoms with Gasteiger partial charge >= 0.3 is 0 Å². The molecule has 5 heteroatoms. The fraction of sp³-hybridized carbons (Fsp3) is 0.0714. The van der Waals surface area contributed by atoms with Crippen molar-refractivity contribution in [1.29, 1.82) is 0 Å². The SMILES string of the molecule is O=C(Cc1ccc(Br)cc1Cl)c1cccc(Br)c1Cl. The van der Waals surface area contributed by atoms with Crippen LogP contribution in [0.1, 0.15) is 15.9 Å². The fourth-order valence-corrected chi connectivity index (χ4v) is 2.99. The molecule has 0 unspecified atom stereocenters. The molecule has 98 valence electrons. The summed E-state index contributed by atoms with van der Waals surface area (Å²) in [6.07, 6.45) is 0.224. The third-order valence-corrected chi connectivity index (χ3v) is 4.76. The van der Waals surface area contributed by atoms with Crippen LogP contribution in [0.5, 0.6) is 0 Å². The molecule has 2 aromatic carbocycles. The zero-order chi connectivity index (χ0) is 14.0. The Hall–Kier alpha value is -0.350. The van der Waals surface area contributed by atoms with Gasteiger partial charge in [0.05, 0.1) is 5.02 Å². The third-order valence-electron chi connectivity index (χ3n) is 2.62. The van der Waals surface area contributed by atoms with Crippen molar-refractivity contribution in [3.8, 4) is 0 Å². The number of ketones is 1. The molecule has 0 radical (unpaired) electrons. The first-order valence-electron chi connectivity index (χ1n) is 5.40. The standard InChI is InChI=1S/C14H8Br2Cl2O/c15-9-5-4-8(12(17)7-9)6-13(19)10-2-1-3-11(16)14(10)18/h1-5,7H,6H2. The van der Waals surface area contributed by atoms with Crippen LogP contribution in [0.15, 0.2) is 45.3 Å². The highest BCUT2D eigenvalue weighted by atomic mass is 79.9. The van der Waals surface area contributed by atoms with Crippen molar-refractivity contribution >= 4 is 60.8 Å². The van der Waals surface area contributed by atoms with Gasteiger partial charge in [0.1, 0.15) is 0 Å². The number of Topliss-reactive ketones (excluding diaryl/α,β-unsaturated/α-hetero) is 1. The lowest BCUT2D eigenvalue weighted by atomic mass is 10.0. The molecule has 0 aliphatic carbocycles. The molecular formula is C14H8Br2Cl2O. The Bertz CT molecular complexity index is 641. The third kappa shape index (κ3) is 3.60. The second kappa shape index (κ2) is 6.40. The van der Waals surface area contributed by atoms with Crippen LogP contribution in [0.3, 0.4) is 0 Å². The van der Waals surface area contributed by atoms with Crippen LogP contribution in [-0.2, 0) is 6.42 Å². The summed E-state index contributed by atoms with van der Waals surface area (Å²) >= 11 is 18.9. The largest absolute Gasteiger partial charge is 0.294 e. The summed E-state index contributed by atoms with van der Waals surface area (Å²) in [5, 5.41) is 0.995. The molecule has 0 spiro atoms. The van der Waals surface area contributed by atoms with Crippen LogP contribution in [0, 0.1) is 0 Å². The average Bonchev–Trinajstić information content (AvgIpc) is 2.36. The smallest absolute Gasteiger partial charge is 0.168 e. The Labute approximate surface area is 138 Å². The van der Waals surface area contributed by atoms with Gasteiger partial charge in [-0.3, -0.25) is 4.79 Å². The Morgan fingerprint density at radius 2 is 1.84 bits per heavy atom. The molecule has 0 bridgehead atoms. The number of halogens is 4. The van der Waals surface area contributed by atoms with Crippen molar-refractivity contribution < 1.29 is 4.79 Å². The van der Waals surface area contributed by atoms with E-state index in [0.717, 1.165) is 10.0 Å². The number of hydrogen-bond donors (Lipinski definition) is 0. The quantitative estimate of drug-likeness (QED) is 0.559. The van der Waals surface area contributed by atoms with Gasteiger partial charge in [-0.1, -0.05) is 51.3 Å². The van der Waals surface area contributed by atoms with E-state index in [4.69, 9.17) is 23.2 Å². The molecule has 0 amide bonds. The molecule has 0 saturated heterocycles. The molecule has 0 N–H and O–H groups in total. The van der Waals surface area contributed by atoms with Gasteiger partial charge in [0.2, 0.25) is 0 Å². The van der Waals surface area contributed by atoms with Crippen LogP contribution in [0.25, 0.3) is 0 Å². The molecular weight excluding hydrogens is 415 g/mol. The summed E-state index contributed by atoms with van der Waals surface area (Å²) in [6, 6.07) is 10.8. The molecule has 2 aromatic rings. The Morgan fingerprint density at radius 3 is 2.53 bits per heavy atom. The van der Waals surface area contributed by atoms with Crippen LogP contribution in [-0.4, -0.2) is 5.78 Å². The van der Waals surface area contributed by atoms with Gasteiger partial charge in [-0.15, -0.1) is 0 Å². The summed E-state index contributed by atoms with van der Waals surface area (Å²) in [5.74, 6) is -0.0597.